The van der Waals surface area contributed by atoms with Crippen molar-refractivity contribution in [2.75, 3.05) is 13.7 Å². The number of unbranched alkanes of at least 4 members (excludes halogenated alkanes) is 1. The SMILES string of the molecule is COC(=O)CCCC#Cc1ccc(Cl)c(OC[C@H](CCC(N)=O)NC(=O)OC(C)(C)C)c1. The second kappa shape index (κ2) is 13.5. The van der Waals surface area contributed by atoms with Gasteiger partial charge in [0.1, 0.15) is 18.0 Å². The minimum atomic E-state index is -0.660. The number of alkyl carbamates (subject to hydrolysis) is 1. The molecule has 3 N–H and O–H groups in total. The van der Waals surface area contributed by atoms with E-state index in [4.69, 9.17) is 26.8 Å². The number of nitrogens with one attached hydrogen (secondary N) is 1. The maximum atomic E-state index is 12.1. The molecule has 0 saturated carbocycles. The number of hydrogen-bond donors (Lipinski definition) is 2. The van der Waals surface area contributed by atoms with Gasteiger partial charge in [-0.1, -0.05) is 23.4 Å². The van der Waals surface area contributed by atoms with Crippen molar-refractivity contribution in [3.8, 4) is 17.6 Å². The van der Waals surface area contributed by atoms with Crippen molar-refractivity contribution in [3.05, 3.63) is 28.8 Å². The molecule has 8 nitrogen and oxygen atoms in total. The summed E-state index contributed by atoms with van der Waals surface area (Å²) in [5.74, 6) is 5.63. The summed E-state index contributed by atoms with van der Waals surface area (Å²) in [6.45, 7) is 5.32. The van der Waals surface area contributed by atoms with Crippen LogP contribution in [0.15, 0.2) is 18.2 Å². The van der Waals surface area contributed by atoms with Gasteiger partial charge in [-0.3, -0.25) is 9.59 Å². The van der Waals surface area contributed by atoms with Gasteiger partial charge in [0.2, 0.25) is 5.91 Å². The Morgan fingerprint density at radius 3 is 2.56 bits per heavy atom. The molecule has 1 aromatic carbocycles. The maximum absolute atomic E-state index is 12.1. The number of halogens is 1. The number of primary amides is 1. The van der Waals surface area contributed by atoms with Gasteiger partial charge in [-0.25, -0.2) is 4.79 Å². The van der Waals surface area contributed by atoms with Crippen molar-refractivity contribution < 1.29 is 28.6 Å². The first kappa shape index (κ1) is 27.1. The molecule has 0 unspecified atom stereocenters. The molecule has 1 atom stereocenters. The zero-order chi connectivity index (χ0) is 24.1. The summed E-state index contributed by atoms with van der Waals surface area (Å²) in [6, 6.07) is 4.59. The van der Waals surface area contributed by atoms with E-state index in [1.54, 1.807) is 39.0 Å². The summed E-state index contributed by atoms with van der Waals surface area (Å²) in [5, 5.41) is 3.07. The van der Waals surface area contributed by atoms with E-state index >= 15 is 0 Å². The summed E-state index contributed by atoms with van der Waals surface area (Å²) in [5.41, 5.74) is 5.26. The van der Waals surface area contributed by atoms with E-state index in [9.17, 15) is 14.4 Å². The van der Waals surface area contributed by atoms with Gasteiger partial charge >= 0.3 is 12.1 Å². The van der Waals surface area contributed by atoms with Gasteiger partial charge < -0.3 is 25.3 Å². The fourth-order valence-electron chi connectivity index (χ4n) is 2.46. The highest BCUT2D eigenvalue weighted by Gasteiger charge is 2.20. The second-order valence-electron chi connectivity index (χ2n) is 8.04. The average molecular weight is 467 g/mol. The molecule has 0 aromatic heterocycles. The molecule has 2 amide bonds. The van der Waals surface area contributed by atoms with E-state index in [2.05, 4.69) is 21.9 Å². The standard InChI is InChI=1S/C23H31ClN2O6/c1-23(2,3)32-22(29)26-17(11-13-20(25)27)15-31-19-14-16(10-12-18(19)24)8-6-5-7-9-21(28)30-4/h10,12,14,17H,5,7,9,11,13,15H2,1-4H3,(H2,25,27)(H,26,29)/t17-/m0/s1. The van der Waals surface area contributed by atoms with Gasteiger partial charge in [0, 0.05) is 24.8 Å². The number of hydrogen-bond acceptors (Lipinski definition) is 6. The lowest BCUT2D eigenvalue weighted by molar-refractivity contribution is -0.140. The first-order valence-corrected chi connectivity index (χ1v) is 10.6. The van der Waals surface area contributed by atoms with Crippen LogP contribution in [-0.4, -0.2) is 43.3 Å². The Morgan fingerprint density at radius 2 is 1.94 bits per heavy atom. The van der Waals surface area contributed by atoms with Crippen LogP contribution in [0.2, 0.25) is 5.02 Å². The van der Waals surface area contributed by atoms with E-state index in [1.165, 1.54) is 7.11 Å². The molecule has 0 bridgehead atoms. The van der Waals surface area contributed by atoms with Crippen LogP contribution in [0.3, 0.4) is 0 Å². The number of methoxy groups -OCH3 is 1. The first-order chi connectivity index (χ1) is 15.0. The number of rotatable bonds is 10. The first-order valence-electron chi connectivity index (χ1n) is 10.3. The molecule has 9 heteroatoms. The predicted molar refractivity (Wildman–Crippen MR) is 121 cm³/mol. The second-order valence-corrected chi connectivity index (χ2v) is 8.44. The Morgan fingerprint density at radius 1 is 1.22 bits per heavy atom. The molecule has 0 aliphatic heterocycles. The number of ether oxygens (including phenoxy) is 3. The number of carbonyl (C=O) groups excluding carboxylic acids is 3. The highest BCUT2D eigenvalue weighted by Crippen LogP contribution is 2.25. The van der Waals surface area contributed by atoms with E-state index in [0.717, 1.165) is 0 Å². The Kier molecular flexibility index (Phi) is 11.4. The number of benzene rings is 1. The van der Waals surface area contributed by atoms with Crippen LogP contribution in [0.5, 0.6) is 5.75 Å². The van der Waals surface area contributed by atoms with Crippen molar-refractivity contribution >= 4 is 29.6 Å². The molecular weight excluding hydrogens is 436 g/mol. The van der Waals surface area contributed by atoms with Gasteiger partial charge in [0.25, 0.3) is 0 Å². The summed E-state index contributed by atoms with van der Waals surface area (Å²) in [4.78, 5) is 34.4. The normalized spacial score (nSPS) is 11.5. The molecule has 0 saturated heterocycles. The fraction of sp³-hybridized carbons (Fsp3) is 0.522. The van der Waals surface area contributed by atoms with E-state index in [-0.39, 0.29) is 25.4 Å². The largest absolute Gasteiger partial charge is 0.490 e. The maximum Gasteiger partial charge on any atom is 0.407 e. The molecule has 1 rings (SSSR count). The fourth-order valence-corrected chi connectivity index (χ4v) is 2.63. The average Bonchev–Trinajstić information content (AvgIpc) is 2.69. The molecule has 0 radical (unpaired) electrons. The lowest BCUT2D eigenvalue weighted by atomic mass is 10.1. The number of nitrogens with two attached hydrogens (primary N) is 1. The summed E-state index contributed by atoms with van der Waals surface area (Å²) in [7, 11) is 1.35. The molecule has 0 heterocycles. The van der Waals surface area contributed by atoms with Crippen molar-refractivity contribution in [3.63, 3.8) is 0 Å². The van der Waals surface area contributed by atoms with Gasteiger partial charge in [0.05, 0.1) is 18.2 Å². The highest BCUT2D eigenvalue weighted by atomic mass is 35.5. The quantitative estimate of drug-likeness (QED) is 0.309. The molecular formula is C23H31ClN2O6. The van der Waals surface area contributed by atoms with Gasteiger partial charge in [-0.15, -0.1) is 0 Å². The van der Waals surface area contributed by atoms with Crippen molar-refractivity contribution in [2.45, 2.75) is 64.5 Å². The Balaban J connectivity index is 2.75. The summed E-state index contributed by atoms with van der Waals surface area (Å²) in [6.07, 6.45) is 1.21. The third-order valence-electron chi connectivity index (χ3n) is 3.97. The number of carbonyl (C=O) groups is 3. The van der Waals surface area contributed by atoms with Crippen molar-refractivity contribution in [1.82, 2.24) is 5.32 Å². The molecule has 0 aliphatic carbocycles. The Hall–Kier alpha value is -2.92. The van der Waals surface area contributed by atoms with E-state index < -0.39 is 23.6 Å². The zero-order valence-electron chi connectivity index (χ0n) is 19.0. The molecule has 1 aromatic rings. The van der Waals surface area contributed by atoms with Crippen LogP contribution < -0.4 is 15.8 Å². The lowest BCUT2D eigenvalue weighted by Gasteiger charge is -2.23. The number of esters is 1. The summed E-state index contributed by atoms with van der Waals surface area (Å²) < 4.78 is 15.6. The molecule has 176 valence electrons. The predicted octanol–water partition coefficient (Wildman–Crippen LogP) is 3.57. The molecule has 0 fully saturated rings. The highest BCUT2D eigenvalue weighted by molar-refractivity contribution is 6.32. The van der Waals surface area contributed by atoms with Crippen LogP contribution in [0.1, 0.15) is 58.4 Å². The smallest absolute Gasteiger partial charge is 0.407 e. The van der Waals surface area contributed by atoms with Crippen LogP contribution in [0.4, 0.5) is 4.79 Å². The Labute approximate surface area is 194 Å². The van der Waals surface area contributed by atoms with Crippen molar-refractivity contribution in [1.29, 1.82) is 0 Å². The van der Waals surface area contributed by atoms with E-state index in [0.29, 0.717) is 35.6 Å². The minimum Gasteiger partial charge on any atom is -0.490 e. The third-order valence-corrected chi connectivity index (χ3v) is 4.29. The number of amides is 2. The summed E-state index contributed by atoms with van der Waals surface area (Å²) >= 11 is 6.22. The molecule has 0 spiro atoms. The molecule has 0 aliphatic rings. The minimum absolute atomic E-state index is 0.0578. The van der Waals surface area contributed by atoms with E-state index in [1.807, 2.05) is 0 Å². The van der Waals surface area contributed by atoms with Crippen LogP contribution in [-0.2, 0) is 19.1 Å². The van der Waals surface area contributed by atoms with Crippen molar-refractivity contribution in [2.24, 2.45) is 5.73 Å². The van der Waals surface area contributed by atoms with Gasteiger partial charge in [-0.05, 0) is 51.8 Å². The van der Waals surface area contributed by atoms with Crippen LogP contribution in [0.25, 0.3) is 0 Å². The Bertz CT molecular complexity index is 854. The molecule has 32 heavy (non-hydrogen) atoms. The topological polar surface area (TPSA) is 117 Å². The van der Waals surface area contributed by atoms with Crippen LogP contribution in [0, 0.1) is 11.8 Å². The lowest BCUT2D eigenvalue weighted by Crippen LogP contribution is -2.42. The van der Waals surface area contributed by atoms with Gasteiger partial charge in [0.15, 0.2) is 0 Å². The van der Waals surface area contributed by atoms with Crippen LogP contribution >= 0.6 is 11.6 Å². The third kappa shape index (κ3) is 12.1. The van der Waals surface area contributed by atoms with Gasteiger partial charge in [-0.2, -0.15) is 0 Å². The zero-order valence-corrected chi connectivity index (χ0v) is 19.7. The monoisotopic (exact) mass is 466 g/mol.